The molecular formula is C12H18O5S. The minimum Gasteiger partial charge on any atom is -0.494 e. The Hall–Kier alpha value is -1.11. The molecule has 0 aliphatic rings. The maximum atomic E-state index is 10.5. The van der Waals surface area contributed by atoms with Crippen molar-refractivity contribution in [3.63, 3.8) is 0 Å². The number of ether oxygens (including phenoxy) is 2. The Morgan fingerprint density at radius 1 is 1.17 bits per heavy atom. The molecular weight excluding hydrogens is 256 g/mol. The first-order valence-corrected chi connectivity index (χ1v) is 7.28. The fourth-order valence-electron chi connectivity index (χ4n) is 1.43. The third-order valence-corrected chi connectivity index (χ3v) is 3.10. The third kappa shape index (κ3) is 6.58. The third-order valence-electron chi connectivity index (χ3n) is 2.30. The van der Waals surface area contributed by atoms with E-state index in [0.717, 1.165) is 11.3 Å². The van der Waals surface area contributed by atoms with Crippen molar-refractivity contribution in [2.45, 2.75) is 19.4 Å². The zero-order valence-corrected chi connectivity index (χ0v) is 11.1. The highest BCUT2D eigenvalue weighted by molar-refractivity contribution is 7.85. The van der Waals surface area contributed by atoms with Crippen molar-refractivity contribution in [2.75, 3.05) is 19.5 Å². The first-order valence-electron chi connectivity index (χ1n) is 5.67. The number of unbranched alkanes of at least 4 members (excludes halogenated alkanes) is 1. The van der Waals surface area contributed by atoms with E-state index in [4.69, 9.17) is 14.0 Å². The van der Waals surface area contributed by atoms with Gasteiger partial charge in [0.1, 0.15) is 5.75 Å². The second kappa shape index (κ2) is 7.35. The van der Waals surface area contributed by atoms with Crippen molar-refractivity contribution in [1.82, 2.24) is 0 Å². The van der Waals surface area contributed by atoms with Crippen molar-refractivity contribution in [2.24, 2.45) is 0 Å². The zero-order chi connectivity index (χ0) is 13.4. The molecule has 1 N–H and O–H groups in total. The maximum absolute atomic E-state index is 10.5. The minimum atomic E-state index is -3.85. The quantitative estimate of drug-likeness (QED) is 0.579. The summed E-state index contributed by atoms with van der Waals surface area (Å²) in [5.74, 6) is 0.519. The number of methoxy groups -OCH3 is 1. The summed E-state index contributed by atoms with van der Waals surface area (Å²) in [4.78, 5) is 0. The van der Waals surface area contributed by atoms with Gasteiger partial charge in [-0.15, -0.1) is 0 Å². The largest absolute Gasteiger partial charge is 0.494 e. The van der Waals surface area contributed by atoms with Crippen molar-refractivity contribution in [3.8, 4) is 5.75 Å². The van der Waals surface area contributed by atoms with Gasteiger partial charge in [-0.25, -0.2) is 0 Å². The summed E-state index contributed by atoms with van der Waals surface area (Å²) in [7, 11) is -2.21. The Labute approximate surface area is 107 Å². The summed E-state index contributed by atoms with van der Waals surface area (Å²) >= 11 is 0. The van der Waals surface area contributed by atoms with E-state index in [9.17, 15) is 8.42 Å². The highest BCUT2D eigenvalue weighted by Gasteiger charge is 2.03. The lowest BCUT2D eigenvalue weighted by Gasteiger charge is -2.06. The van der Waals surface area contributed by atoms with E-state index in [-0.39, 0.29) is 5.75 Å². The van der Waals surface area contributed by atoms with Gasteiger partial charge in [0, 0.05) is 7.11 Å². The zero-order valence-electron chi connectivity index (χ0n) is 10.3. The van der Waals surface area contributed by atoms with Crippen LogP contribution < -0.4 is 4.74 Å². The molecule has 0 unspecified atom stereocenters. The molecule has 0 fully saturated rings. The van der Waals surface area contributed by atoms with Crippen LogP contribution in [0.25, 0.3) is 0 Å². The number of hydrogen-bond acceptors (Lipinski definition) is 4. The van der Waals surface area contributed by atoms with Crippen LogP contribution in [0.2, 0.25) is 0 Å². The Balaban J connectivity index is 2.23. The van der Waals surface area contributed by atoms with Gasteiger partial charge in [0.05, 0.1) is 19.0 Å². The maximum Gasteiger partial charge on any atom is 0.264 e. The van der Waals surface area contributed by atoms with E-state index >= 15 is 0 Å². The van der Waals surface area contributed by atoms with Crippen LogP contribution >= 0.6 is 0 Å². The van der Waals surface area contributed by atoms with E-state index in [0.29, 0.717) is 26.1 Å². The summed E-state index contributed by atoms with van der Waals surface area (Å²) in [6, 6.07) is 7.52. The van der Waals surface area contributed by atoms with Gasteiger partial charge in [0.25, 0.3) is 10.1 Å². The molecule has 0 aliphatic carbocycles. The predicted octanol–water partition coefficient (Wildman–Crippen LogP) is 1.88. The lowest BCUT2D eigenvalue weighted by Crippen LogP contribution is -2.06. The Morgan fingerprint density at radius 3 is 2.39 bits per heavy atom. The van der Waals surface area contributed by atoms with E-state index in [1.165, 1.54) is 0 Å². The average molecular weight is 274 g/mol. The molecule has 18 heavy (non-hydrogen) atoms. The van der Waals surface area contributed by atoms with Gasteiger partial charge in [-0.2, -0.15) is 8.42 Å². The molecule has 0 atom stereocenters. The van der Waals surface area contributed by atoms with E-state index in [1.54, 1.807) is 7.11 Å². The van der Waals surface area contributed by atoms with Gasteiger partial charge in [0.15, 0.2) is 0 Å². The van der Waals surface area contributed by atoms with E-state index in [1.807, 2.05) is 24.3 Å². The molecule has 0 radical (unpaired) electrons. The molecule has 0 bridgehead atoms. The number of hydrogen-bond donors (Lipinski definition) is 1. The lowest BCUT2D eigenvalue weighted by molar-refractivity contribution is 0.185. The molecule has 1 aromatic rings. The lowest BCUT2D eigenvalue weighted by atomic mass is 10.2. The smallest absolute Gasteiger partial charge is 0.264 e. The fourth-order valence-corrected chi connectivity index (χ4v) is 1.99. The molecule has 0 spiro atoms. The molecule has 0 saturated heterocycles. The molecule has 102 valence electrons. The van der Waals surface area contributed by atoms with Crippen LogP contribution in [0.1, 0.15) is 18.4 Å². The molecule has 1 aromatic carbocycles. The average Bonchev–Trinajstić information content (AvgIpc) is 2.30. The Morgan fingerprint density at radius 2 is 1.83 bits per heavy atom. The highest BCUT2D eigenvalue weighted by atomic mass is 32.2. The van der Waals surface area contributed by atoms with Gasteiger partial charge < -0.3 is 9.47 Å². The Bertz CT molecular complexity index is 438. The van der Waals surface area contributed by atoms with Crippen LogP contribution in [0, 0.1) is 0 Å². The second-order valence-electron chi connectivity index (χ2n) is 3.92. The second-order valence-corrected chi connectivity index (χ2v) is 5.49. The summed E-state index contributed by atoms with van der Waals surface area (Å²) < 4.78 is 39.9. The molecule has 1 rings (SSSR count). The SMILES string of the molecule is COCc1ccc(OCCCCS(=O)(=O)O)cc1. The highest BCUT2D eigenvalue weighted by Crippen LogP contribution is 2.13. The molecule has 6 heteroatoms. The molecule has 0 heterocycles. The number of benzene rings is 1. The van der Waals surface area contributed by atoms with Crippen LogP contribution in [0.15, 0.2) is 24.3 Å². The summed E-state index contributed by atoms with van der Waals surface area (Å²) in [6.45, 7) is 0.994. The van der Waals surface area contributed by atoms with Gasteiger partial charge in [-0.3, -0.25) is 4.55 Å². The van der Waals surface area contributed by atoms with Gasteiger partial charge in [-0.1, -0.05) is 12.1 Å². The Kier molecular flexibility index (Phi) is 6.11. The molecule has 5 nitrogen and oxygen atoms in total. The van der Waals surface area contributed by atoms with E-state index < -0.39 is 10.1 Å². The van der Waals surface area contributed by atoms with Crippen molar-refractivity contribution in [3.05, 3.63) is 29.8 Å². The van der Waals surface area contributed by atoms with Gasteiger partial charge in [-0.05, 0) is 30.5 Å². The predicted molar refractivity (Wildman–Crippen MR) is 68.3 cm³/mol. The van der Waals surface area contributed by atoms with Crippen LogP contribution in [0.3, 0.4) is 0 Å². The van der Waals surface area contributed by atoms with Crippen molar-refractivity contribution < 1.29 is 22.4 Å². The van der Waals surface area contributed by atoms with Crippen LogP contribution in [-0.4, -0.2) is 32.4 Å². The topological polar surface area (TPSA) is 72.8 Å². The van der Waals surface area contributed by atoms with Crippen LogP contribution in [0.4, 0.5) is 0 Å². The first-order chi connectivity index (χ1) is 8.51. The fraction of sp³-hybridized carbons (Fsp3) is 0.500. The molecule has 0 amide bonds. The summed E-state index contributed by atoms with van der Waals surface area (Å²) in [6.07, 6.45) is 0.972. The minimum absolute atomic E-state index is 0.219. The standard InChI is InChI=1S/C12H18O5S/c1-16-10-11-4-6-12(7-5-11)17-8-2-3-9-18(13,14)15/h4-7H,2-3,8-10H2,1H3,(H,13,14,15). The normalized spacial score (nSPS) is 11.4. The molecule has 0 aliphatic heterocycles. The van der Waals surface area contributed by atoms with Gasteiger partial charge in [0.2, 0.25) is 0 Å². The molecule has 0 aromatic heterocycles. The van der Waals surface area contributed by atoms with Crippen LogP contribution in [-0.2, 0) is 21.5 Å². The molecule has 0 saturated carbocycles. The van der Waals surface area contributed by atoms with E-state index in [2.05, 4.69) is 0 Å². The first kappa shape index (κ1) is 14.9. The number of rotatable bonds is 8. The monoisotopic (exact) mass is 274 g/mol. The summed E-state index contributed by atoms with van der Waals surface area (Å²) in [5.41, 5.74) is 1.07. The summed E-state index contributed by atoms with van der Waals surface area (Å²) in [5, 5.41) is 0. The van der Waals surface area contributed by atoms with Gasteiger partial charge >= 0.3 is 0 Å². The van der Waals surface area contributed by atoms with Crippen LogP contribution in [0.5, 0.6) is 5.75 Å². The van der Waals surface area contributed by atoms with Crippen molar-refractivity contribution in [1.29, 1.82) is 0 Å². The van der Waals surface area contributed by atoms with Crippen molar-refractivity contribution >= 4 is 10.1 Å².